The van der Waals surface area contributed by atoms with E-state index in [1.807, 2.05) is 37.3 Å². The number of carbonyl (C=O) groups excluding carboxylic acids is 1. The van der Waals surface area contributed by atoms with E-state index < -0.39 is 0 Å². The number of benzene rings is 2. The molecule has 2 aromatic rings. The predicted molar refractivity (Wildman–Crippen MR) is 129 cm³/mol. The van der Waals surface area contributed by atoms with Crippen LogP contribution in [0, 0.1) is 6.92 Å². The summed E-state index contributed by atoms with van der Waals surface area (Å²) < 4.78 is 0. The van der Waals surface area contributed by atoms with Gasteiger partial charge in [-0.15, -0.1) is 0 Å². The van der Waals surface area contributed by atoms with Crippen molar-refractivity contribution in [3.05, 3.63) is 64.1 Å². The number of hydrogen-bond donors (Lipinski definition) is 1. The third-order valence-electron chi connectivity index (χ3n) is 6.01. The molecule has 1 N–H and O–H groups in total. The summed E-state index contributed by atoms with van der Waals surface area (Å²) in [6, 6.07) is 14.5. The van der Waals surface area contributed by atoms with Gasteiger partial charge in [-0.2, -0.15) is 0 Å². The number of carbonyl (C=O) groups is 1. The van der Waals surface area contributed by atoms with E-state index in [-0.39, 0.29) is 11.4 Å². The minimum Gasteiger partial charge on any atom is -0.366 e. The van der Waals surface area contributed by atoms with Crippen molar-refractivity contribution in [1.29, 1.82) is 0 Å². The third-order valence-corrected chi connectivity index (χ3v) is 6.92. The molecule has 4 rings (SSSR count). The van der Waals surface area contributed by atoms with E-state index in [0.717, 1.165) is 29.8 Å². The average Bonchev–Trinajstić information content (AvgIpc) is 3.02. The molecule has 156 valence electrons. The fraction of sp³-hybridized carbons (Fsp3) is 0.360. The van der Waals surface area contributed by atoms with Crippen LogP contribution in [-0.4, -0.2) is 23.2 Å². The number of anilines is 1. The molecule has 1 amide bonds. The van der Waals surface area contributed by atoms with Gasteiger partial charge in [0.2, 0.25) is 0 Å². The van der Waals surface area contributed by atoms with Gasteiger partial charge in [-0.05, 0) is 92.8 Å². The van der Waals surface area contributed by atoms with Gasteiger partial charge in [0.05, 0.1) is 10.6 Å². The minimum absolute atomic E-state index is 0.0885. The molecule has 2 aliphatic rings. The number of hydrogen-bond acceptors (Lipinski definition) is 4. The van der Waals surface area contributed by atoms with Crippen LogP contribution in [0.3, 0.4) is 0 Å². The summed E-state index contributed by atoms with van der Waals surface area (Å²) in [4.78, 5) is 20.3. The topological polar surface area (TPSA) is 44.7 Å². The molecule has 0 saturated carbocycles. The van der Waals surface area contributed by atoms with Crippen LogP contribution in [0.4, 0.5) is 11.4 Å². The first-order chi connectivity index (χ1) is 14.3. The average molecular weight is 420 g/mol. The van der Waals surface area contributed by atoms with Crippen molar-refractivity contribution in [2.45, 2.75) is 52.5 Å². The Morgan fingerprint density at radius 2 is 2.03 bits per heavy atom. The maximum Gasteiger partial charge on any atom is 0.264 e. The van der Waals surface area contributed by atoms with Crippen LogP contribution < -0.4 is 10.2 Å². The Balaban J connectivity index is 1.62. The lowest BCUT2D eigenvalue weighted by Crippen LogP contribution is -2.48. The number of thioether (sulfide) groups is 1. The first-order valence-electron chi connectivity index (χ1n) is 10.6. The standard InChI is InChI=1S/C25H29N3OS/c1-6-28-21-12-11-18(13-19(21)17(3)15-25(28,4)5)14-22-23(29)27-24(30-22)26-20-10-8-7-9-16(20)2/h7-14,17H,6,15H2,1-5H3,(H,26,27,29)/b22-14-. The Morgan fingerprint density at radius 1 is 1.27 bits per heavy atom. The molecule has 0 spiro atoms. The molecule has 0 aliphatic carbocycles. The molecule has 0 radical (unpaired) electrons. The molecular weight excluding hydrogens is 390 g/mol. The molecule has 1 saturated heterocycles. The number of aryl methyl sites for hydroxylation is 1. The van der Waals surface area contributed by atoms with Gasteiger partial charge in [0, 0.05) is 17.8 Å². The maximum atomic E-state index is 12.5. The molecule has 4 nitrogen and oxygen atoms in total. The van der Waals surface area contributed by atoms with Crippen LogP contribution in [0.15, 0.2) is 52.4 Å². The largest absolute Gasteiger partial charge is 0.366 e. The molecule has 1 unspecified atom stereocenters. The van der Waals surface area contributed by atoms with Gasteiger partial charge in [0.1, 0.15) is 0 Å². The molecule has 5 heteroatoms. The van der Waals surface area contributed by atoms with Crippen molar-refractivity contribution in [2.75, 3.05) is 11.4 Å². The SMILES string of the molecule is CCN1c2ccc(/C=C3\SC(=Nc4ccccc4C)NC3=O)cc2C(C)CC1(C)C. The van der Waals surface area contributed by atoms with E-state index in [1.54, 1.807) is 0 Å². The van der Waals surface area contributed by atoms with E-state index in [2.05, 4.69) is 61.1 Å². The van der Waals surface area contributed by atoms with Crippen molar-refractivity contribution < 1.29 is 4.79 Å². The lowest BCUT2D eigenvalue weighted by Gasteiger charge is -2.47. The second-order valence-electron chi connectivity index (χ2n) is 8.75. The van der Waals surface area contributed by atoms with E-state index in [4.69, 9.17) is 0 Å². The molecule has 1 atom stereocenters. The number of amidine groups is 1. The van der Waals surface area contributed by atoms with Crippen LogP contribution >= 0.6 is 11.8 Å². The van der Waals surface area contributed by atoms with E-state index in [9.17, 15) is 4.79 Å². The Kier molecular flexibility index (Phi) is 5.49. The van der Waals surface area contributed by atoms with Crippen molar-refractivity contribution in [1.82, 2.24) is 5.32 Å². The summed E-state index contributed by atoms with van der Waals surface area (Å²) >= 11 is 1.40. The molecule has 2 aliphatic heterocycles. The first-order valence-corrected chi connectivity index (χ1v) is 11.4. The Morgan fingerprint density at radius 3 is 2.77 bits per heavy atom. The fourth-order valence-corrected chi connectivity index (χ4v) is 5.46. The van der Waals surface area contributed by atoms with Crippen LogP contribution in [0.2, 0.25) is 0 Å². The smallest absolute Gasteiger partial charge is 0.264 e. The number of nitrogens with zero attached hydrogens (tertiary/aromatic N) is 2. The Hall–Kier alpha value is -2.53. The summed E-state index contributed by atoms with van der Waals surface area (Å²) in [6.45, 7) is 12.2. The normalized spacial score (nSPS) is 23.0. The Labute approximate surface area is 183 Å². The summed E-state index contributed by atoms with van der Waals surface area (Å²) in [5, 5.41) is 3.53. The summed E-state index contributed by atoms with van der Waals surface area (Å²) in [7, 11) is 0. The van der Waals surface area contributed by atoms with Gasteiger partial charge < -0.3 is 10.2 Å². The van der Waals surface area contributed by atoms with Crippen LogP contribution in [0.1, 0.15) is 56.7 Å². The van der Waals surface area contributed by atoms with Crippen molar-refractivity contribution >= 4 is 40.3 Å². The van der Waals surface area contributed by atoms with Gasteiger partial charge in [-0.1, -0.05) is 31.2 Å². The number of aliphatic imine (C=N–C) groups is 1. The summed E-state index contributed by atoms with van der Waals surface area (Å²) in [5.74, 6) is 0.397. The third kappa shape index (κ3) is 3.91. The number of fused-ring (bicyclic) bond motifs is 1. The second kappa shape index (κ2) is 7.95. The predicted octanol–water partition coefficient (Wildman–Crippen LogP) is 6.00. The highest BCUT2D eigenvalue weighted by molar-refractivity contribution is 8.18. The molecule has 2 aromatic carbocycles. The fourth-order valence-electron chi connectivity index (χ4n) is 4.63. The Bertz CT molecular complexity index is 1050. The van der Waals surface area contributed by atoms with E-state index in [1.165, 1.54) is 23.0 Å². The lowest BCUT2D eigenvalue weighted by molar-refractivity contribution is -0.115. The molecule has 0 aromatic heterocycles. The summed E-state index contributed by atoms with van der Waals surface area (Å²) in [5.41, 5.74) is 5.86. The molecule has 2 heterocycles. The van der Waals surface area contributed by atoms with Gasteiger partial charge in [-0.3, -0.25) is 4.79 Å². The number of rotatable bonds is 3. The maximum absolute atomic E-state index is 12.5. The molecular formula is C25H29N3OS. The van der Waals surface area contributed by atoms with Crippen LogP contribution in [-0.2, 0) is 4.79 Å². The van der Waals surface area contributed by atoms with Gasteiger partial charge >= 0.3 is 0 Å². The monoisotopic (exact) mass is 419 g/mol. The van der Waals surface area contributed by atoms with Gasteiger partial charge in [0.15, 0.2) is 5.17 Å². The molecule has 30 heavy (non-hydrogen) atoms. The lowest BCUT2D eigenvalue weighted by atomic mass is 9.79. The number of amides is 1. The van der Waals surface area contributed by atoms with Crippen molar-refractivity contribution in [3.63, 3.8) is 0 Å². The van der Waals surface area contributed by atoms with Gasteiger partial charge in [-0.25, -0.2) is 4.99 Å². The quantitative estimate of drug-likeness (QED) is 0.621. The zero-order valence-electron chi connectivity index (χ0n) is 18.3. The van der Waals surface area contributed by atoms with E-state index >= 15 is 0 Å². The highest BCUT2D eigenvalue weighted by Gasteiger charge is 2.35. The minimum atomic E-state index is -0.0885. The summed E-state index contributed by atoms with van der Waals surface area (Å²) in [6.07, 6.45) is 3.10. The number of para-hydroxylation sites is 1. The molecule has 0 bridgehead atoms. The first kappa shape index (κ1) is 20.7. The van der Waals surface area contributed by atoms with Crippen molar-refractivity contribution in [2.24, 2.45) is 4.99 Å². The number of nitrogens with one attached hydrogen (secondary N) is 1. The van der Waals surface area contributed by atoms with Gasteiger partial charge in [0.25, 0.3) is 5.91 Å². The van der Waals surface area contributed by atoms with Crippen molar-refractivity contribution in [3.8, 4) is 0 Å². The van der Waals surface area contributed by atoms with Crippen LogP contribution in [0.25, 0.3) is 6.08 Å². The highest BCUT2D eigenvalue weighted by atomic mass is 32.2. The van der Waals surface area contributed by atoms with Crippen LogP contribution in [0.5, 0.6) is 0 Å². The zero-order valence-corrected chi connectivity index (χ0v) is 19.1. The van der Waals surface area contributed by atoms with E-state index in [0.29, 0.717) is 16.0 Å². The second-order valence-corrected chi connectivity index (χ2v) is 9.78. The zero-order chi connectivity index (χ0) is 21.5. The highest BCUT2D eigenvalue weighted by Crippen LogP contribution is 2.43. The molecule has 1 fully saturated rings.